The van der Waals surface area contributed by atoms with Crippen molar-refractivity contribution in [2.24, 2.45) is 5.92 Å². The first kappa shape index (κ1) is 26.2. The largest absolute Gasteiger partial charge is 0.478 e. The summed E-state index contributed by atoms with van der Waals surface area (Å²) in [6.07, 6.45) is 6.70. The van der Waals surface area contributed by atoms with Crippen molar-refractivity contribution >= 4 is 12.0 Å². The summed E-state index contributed by atoms with van der Waals surface area (Å²) in [6, 6.07) is 16.6. The van der Waals surface area contributed by atoms with E-state index >= 15 is 0 Å². The molecule has 2 N–H and O–H groups in total. The normalized spacial score (nSPS) is 17.2. The van der Waals surface area contributed by atoms with E-state index < -0.39 is 5.97 Å². The molecule has 0 atom stereocenters. The van der Waals surface area contributed by atoms with E-state index in [1.807, 2.05) is 17.0 Å². The van der Waals surface area contributed by atoms with Gasteiger partial charge in [0, 0.05) is 38.8 Å². The highest BCUT2D eigenvalue weighted by atomic mass is 16.4. The van der Waals surface area contributed by atoms with Gasteiger partial charge in [0.1, 0.15) is 0 Å². The lowest BCUT2D eigenvalue weighted by atomic mass is 9.95. The van der Waals surface area contributed by atoms with Crippen molar-refractivity contribution in [3.63, 3.8) is 0 Å². The number of carbonyl (C=O) groups excluding carboxylic acids is 1. The van der Waals surface area contributed by atoms with Crippen LogP contribution in [0.4, 0.5) is 4.79 Å². The summed E-state index contributed by atoms with van der Waals surface area (Å²) in [5.74, 6) is 0.153. The number of hydrogen-bond acceptors (Lipinski definition) is 3. The average Bonchev–Trinajstić information content (AvgIpc) is 3.38. The van der Waals surface area contributed by atoms with Gasteiger partial charge in [0.05, 0.1) is 5.56 Å². The fourth-order valence-corrected chi connectivity index (χ4v) is 5.48. The van der Waals surface area contributed by atoms with Gasteiger partial charge in [-0.3, -0.25) is 4.90 Å². The summed E-state index contributed by atoms with van der Waals surface area (Å²) in [6.45, 7) is 8.63. The van der Waals surface area contributed by atoms with E-state index in [1.54, 1.807) is 12.1 Å². The number of carbonyl (C=O) groups is 2. The van der Waals surface area contributed by atoms with Crippen molar-refractivity contribution in [3.8, 4) is 0 Å². The first-order valence-corrected chi connectivity index (χ1v) is 13.6. The van der Waals surface area contributed by atoms with Crippen LogP contribution in [0.25, 0.3) is 0 Å². The van der Waals surface area contributed by atoms with Crippen LogP contribution >= 0.6 is 0 Å². The molecule has 194 valence electrons. The Bertz CT molecular complexity index is 989. The van der Waals surface area contributed by atoms with E-state index in [9.17, 15) is 14.7 Å². The zero-order valence-electron chi connectivity index (χ0n) is 21.8. The van der Waals surface area contributed by atoms with Crippen LogP contribution in [-0.2, 0) is 13.1 Å². The lowest BCUT2D eigenvalue weighted by Crippen LogP contribution is -2.48. The Morgan fingerprint density at radius 1 is 0.917 bits per heavy atom. The van der Waals surface area contributed by atoms with Gasteiger partial charge in [-0.1, -0.05) is 63.1 Å². The molecule has 1 aliphatic heterocycles. The first-order valence-electron chi connectivity index (χ1n) is 13.6. The summed E-state index contributed by atoms with van der Waals surface area (Å²) < 4.78 is 0. The molecule has 2 aliphatic rings. The number of likely N-dealkylation sites (tertiary alicyclic amines) is 1. The van der Waals surface area contributed by atoms with E-state index in [-0.39, 0.29) is 6.03 Å². The number of hydrogen-bond donors (Lipinski definition) is 2. The van der Waals surface area contributed by atoms with Crippen LogP contribution in [0.3, 0.4) is 0 Å². The molecule has 1 heterocycles. The number of nitrogens with one attached hydrogen (secondary N) is 1. The van der Waals surface area contributed by atoms with Crippen molar-refractivity contribution in [1.82, 2.24) is 15.1 Å². The van der Waals surface area contributed by atoms with Crippen molar-refractivity contribution < 1.29 is 14.7 Å². The molecule has 1 saturated heterocycles. The summed E-state index contributed by atoms with van der Waals surface area (Å²) in [5, 5.41) is 12.5. The maximum atomic E-state index is 12.7. The standard InChI is InChI=1S/C30H41N3O3/c1-22(2)26-11-7-23(8-12-26)19-32(20-24-9-13-27(14-10-24)29(34)35)21-25-15-17-33(18-16-25)30(36)31-28-5-3-4-6-28/h7-14,22,25,28H,3-6,15-21H2,1-2H3,(H,31,36)(H,34,35). The van der Waals surface area contributed by atoms with Crippen LogP contribution in [0.1, 0.15) is 85.3 Å². The van der Waals surface area contributed by atoms with Gasteiger partial charge >= 0.3 is 12.0 Å². The zero-order valence-corrected chi connectivity index (χ0v) is 21.8. The van der Waals surface area contributed by atoms with Gasteiger partial charge in [-0.2, -0.15) is 0 Å². The molecule has 6 heteroatoms. The molecule has 0 unspecified atom stereocenters. The SMILES string of the molecule is CC(C)c1ccc(CN(Cc2ccc(C(=O)O)cc2)CC2CCN(C(=O)NC3CCCC3)CC2)cc1. The fourth-order valence-electron chi connectivity index (χ4n) is 5.48. The molecule has 2 amide bonds. The van der Waals surface area contributed by atoms with Gasteiger partial charge in [-0.15, -0.1) is 0 Å². The number of carboxylic acid groups (broad SMARTS) is 1. The van der Waals surface area contributed by atoms with Gasteiger partial charge < -0.3 is 15.3 Å². The molecule has 2 aromatic rings. The van der Waals surface area contributed by atoms with Crippen LogP contribution in [0, 0.1) is 5.92 Å². The number of carboxylic acids is 1. The minimum atomic E-state index is -0.896. The Balaban J connectivity index is 1.37. The Labute approximate surface area is 215 Å². The third-order valence-corrected chi connectivity index (χ3v) is 7.76. The second kappa shape index (κ2) is 12.4. The number of amides is 2. The molecule has 0 bridgehead atoms. The topological polar surface area (TPSA) is 72.9 Å². The number of aromatic carboxylic acids is 1. The quantitative estimate of drug-likeness (QED) is 0.460. The summed E-state index contributed by atoms with van der Waals surface area (Å²) >= 11 is 0. The molecular formula is C30H41N3O3. The Morgan fingerprint density at radius 3 is 2.00 bits per heavy atom. The summed E-state index contributed by atoms with van der Waals surface area (Å²) in [5.41, 5.74) is 4.07. The molecule has 0 radical (unpaired) electrons. The molecule has 4 rings (SSSR count). The van der Waals surface area contributed by atoms with E-state index in [0.29, 0.717) is 23.4 Å². The van der Waals surface area contributed by atoms with E-state index in [0.717, 1.165) is 64.0 Å². The second-order valence-electron chi connectivity index (χ2n) is 10.9. The predicted molar refractivity (Wildman–Crippen MR) is 143 cm³/mol. The third kappa shape index (κ3) is 7.33. The highest BCUT2D eigenvalue weighted by molar-refractivity contribution is 5.87. The van der Waals surface area contributed by atoms with Crippen LogP contribution in [-0.4, -0.2) is 52.6 Å². The van der Waals surface area contributed by atoms with Gasteiger partial charge in [-0.25, -0.2) is 9.59 Å². The highest BCUT2D eigenvalue weighted by Crippen LogP contribution is 2.23. The van der Waals surface area contributed by atoms with E-state index in [2.05, 4.69) is 48.3 Å². The van der Waals surface area contributed by atoms with Gasteiger partial charge in [0.15, 0.2) is 0 Å². The van der Waals surface area contributed by atoms with E-state index in [4.69, 9.17) is 0 Å². The Kier molecular flexibility index (Phi) is 9.03. The van der Waals surface area contributed by atoms with Crippen LogP contribution in [0.5, 0.6) is 0 Å². The highest BCUT2D eigenvalue weighted by Gasteiger charge is 2.26. The van der Waals surface area contributed by atoms with Gasteiger partial charge in [0.2, 0.25) is 0 Å². The molecule has 36 heavy (non-hydrogen) atoms. The number of urea groups is 1. The van der Waals surface area contributed by atoms with Crippen LogP contribution < -0.4 is 5.32 Å². The number of rotatable bonds is 9. The maximum Gasteiger partial charge on any atom is 0.335 e. The van der Waals surface area contributed by atoms with Crippen LogP contribution in [0.2, 0.25) is 0 Å². The lowest BCUT2D eigenvalue weighted by Gasteiger charge is -2.35. The monoisotopic (exact) mass is 491 g/mol. The fraction of sp³-hybridized carbons (Fsp3) is 0.533. The maximum absolute atomic E-state index is 12.7. The number of piperidine rings is 1. The van der Waals surface area contributed by atoms with Gasteiger partial charge in [0.25, 0.3) is 0 Å². The van der Waals surface area contributed by atoms with Crippen LogP contribution in [0.15, 0.2) is 48.5 Å². The Morgan fingerprint density at radius 2 is 1.47 bits per heavy atom. The smallest absolute Gasteiger partial charge is 0.335 e. The average molecular weight is 492 g/mol. The lowest BCUT2D eigenvalue weighted by molar-refractivity contribution is 0.0697. The summed E-state index contributed by atoms with van der Waals surface area (Å²) in [7, 11) is 0. The predicted octanol–water partition coefficient (Wildman–Crippen LogP) is 5.87. The first-order chi connectivity index (χ1) is 17.4. The van der Waals surface area contributed by atoms with Crippen molar-refractivity contribution in [2.75, 3.05) is 19.6 Å². The molecular weight excluding hydrogens is 450 g/mol. The minimum Gasteiger partial charge on any atom is -0.478 e. The van der Waals surface area contributed by atoms with Gasteiger partial charge in [-0.05, 0) is 66.3 Å². The van der Waals surface area contributed by atoms with Crippen molar-refractivity contribution in [2.45, 2.75) is 77.4 Å². The molecule has 0 aromatic heterocycles. The molecule has 2 fully saturated rings. The van der Waals surface area contributed by atoms with Crippen molar-refractivity contribution in [3.05, 3.63) is 70.8 Å². The Hall–Kier alpha value is -2.86. The molecule has 2 aromatic carbocycles. The molecule has 0 spiro atoms. The van der Waals surface area contributed by atoms with Crippen molar-refractivity contribution in [1.29, 1.82) is 0 Å². The van der Waals surface area contributed by atoms with E-state index in [1.165, 1.54) is 24.0 Å². The molecule has 1 aliphatic carbocycles. The molecule has 1 saturated carbocycles. The number of benzene rings is 2. The third-order valence-electron chi connectivity index (χ3n) is 7.76. The zero-order chi connectivity index (χ0) is 25.5. The summed E-state index contributed by atoms with van der Waals surface area (Å²) in [4.78, 5) is 28.4. The molecule has 6 nitrogen and oxygen atoms in total. The minimum absolute atomic E-state index is 0.112. The second-order valence-corrected chi connectivity index (χ2v) is 10.9. The number of nitrogens with zero attached hydrogens (tertiary/aromatic N) is 2.